The van der Waals surface area contributed by atoms with Crippen LogP contribution in [0.15, 0.2) is 65.0 Å². The van der Waals surface area contributed by atoms with Gasteiger partial charge in [-0.15, -0.1) is 11.8 Å². The molecule has 2 aliphatic rings. The topological polar surface area (TPSA) is 104 Å². The molecule has 5 rings (SSSR count). The molecule has 1 atom stereocenters. The van der Waals surface area contributed by atoms with Gasteiger partial charge >= 0.3 is 5.97 Å². The molecule has 2 fully saturated rings. The summed E-state index contributed by atoms with van der Waals surface area (Å²) in [5, 5.41) is 2.56. The van der Waals surface area contributed by atoms with Crippen LogP contribution in [0.2, 0.25) is 0 Å². The molecule has 246 valence electrons. The molecule has 1 aromatic heterocycles. The molecule has 0 bridgehead atoms. The predicted molar refractivity (Wildman–Crippen MR) is 179 cm³/mol. The molecule has 1 aliphatic carbocycles. The fourth-order valence-electron chi connectivity index (χ4n) is 5.61. The normalized spacial score (nSPS) is 16.7. The number of amides is 2. The molecule has 1 saturated carbocycles. The van der Waals surface area contributed by atoms with Gasteiger partial charge in [0.15, 0.2) is 5.82 Å². The highest BCUT2D eigenvalue weighted by Crippen LogP contribution is 2.40. The van der Waals surface area contributed by atoms with Crippen LogP contribution in [0.25, 0.3) is 11.3 Å². The van der Waals surface area contributed by atoms with E-state index in [1.54, 1.807) is 4.90 Å². The molecule has 12 heteroatoms. The number of nitrogens with zero attached hydrogens (tertiary/aromatic N) is 4. The van der Waals surface area contributed by atoms with E-state index in [0.29, 0.717) is 50.4 Å². The smallest absolute Gasteiger partial charge is 0.314 e. The summed E-state index contributed by atoms with van der Waals surface area (Å²) in [6, 6.07) is 10.7. The molecular weight excluding hydrogens is 624 g/mol. The van der Waals surface area contributed by atoms with Crippen LogP contribution in [0.1, 0.15) is 50.7 Å². The minimum absolute atomic E-state index is 0.0672. The van der Waals surface area contributed by atoms with Gasteiger partial charge in [0, 0.05) is 30.6 Å². The second-order valence-corrected chi connectivity index (χ2v) is 12.7. The van der Waals surface area contributed by atoms with E-state index >= 15 is 8.78 Å². The highest BCUT2D eigenvalue weighted by molar-refractivity contribution is 7.98. The highest BCUT2D eigenvalue weighted by atomic mass is 32.2. The Labute approximate surface area is 277 Å². The largest absolute Gasteiger partial charge is 0.425 e. The maximum absolute atomic E-state index is 16.3. The summed E-state index contributed by atoms with van der Waals surface area (Å²) >= 11 is 1.52. The summed E-state index contributed by atoms with van der Waals surface area (Å²) in [5.74, 6) is -2.56. The number of para-hydroxylation sites is 1. The quantitative estimate of drug-likeness (QED) is 0.0500. The van der Waals surface area contributed by atoms with E-state index in [1.807, 2.05) is 36.3 Å². The van der Waals surface area contributed by atoms with Gasteiger partial charge in [-0.1, -0.05) is 38.6 Å². The van der Waals surface area contributed by atoms with Crippen LogP contribution in [0, 0.1) is 17.6 Å². The Morgan fingerprint density at radius 1 is 1.15 bits per heavy atom. The number of nitrogens with one attached hydrogen (secondary N) is 1. The van der Waals surface area contributed by atoms with Crippen molar-refractivity contribution in [2.24, 2.45) is 10.9 Å². The number of ether oxygens (including phenoxy) is 1. The molecule has 0 spiro atoms. The van der Waals surface area contributed by atoms with Gasteiger partial charge in [0.1, 0.15) is 28.9 Å². The Morgan fingerprint density at radius 3 is 2.53 bits per heavy atom. The van der Waals surface area contributed by atoms with E-state index in [0.717, 1.165) is 22.6 Å². The number of halogens is 2. The third kappa shape index (κ3) is 7.22. The first-order valence-corrected chi connectivity index (χ1v) is 16.7. The Kier molecular flexibility index (Phi) is 10.4. The van der Waals surface area contributed by atoms with Crippen LogP contribution < -0.4 is 10.1 Å². The minimum Gasteiger partial charge on any atom is -0.425 e. The lowest BCUT2D eigenvalue weighted by Gasteiger charge is -2.41. The molecular formula is C35H37F2N5O4S. The maximum Gasteiger partial charge on any atom is 0.314 e. The number of carbonyl (C=O) groups excluding carboxylic acids is 3. The van der Waals surface area contributed by atoms with Crippen molar-refractivity contribution in [2.75, 3.05) is 31.2 Å². The molecule has 2 heterocycles. The van der Waals surface area contributed by atoms with E-state index < -0.39 is 23.3 Å². The number of thioether (sulfide) groups is 1. The summed E-state index contributed by atoms with van der Waals surface area (Å²) < 4.78 is 37.2. The van der Waals surface area contributed by atoms with Crippen LogP contribution in [-0.4, -0.2) is 70.8 Å². The van der Waals surface area contributed by atoms with Gasteiger partial charge < -0.3 is 19.9 Å². The SMILES string of the molecule is C=CC(=O)N1CCN(/C(=N/c2c(SC)cccc2C(C)C)c2cc(F)c(-c3c(F)cccc3OC(=O)C3CC3)nc2NC=O)C(C)C1. The number of hydrogen-bond acceptors (Lipinski definition) is 7. The lowest BCUT2D eigenvalue weighted by molar-refractivity contribution is -0.135. The van der Waals surface area contributed by atoms with E-state index in [1.165, 1.54) is 30.0 Å². The summed E-state index contributed by atoms with van der Waals surface area (Å²) in [4.78, 5) is 51.0. The molecule has 1 unspecified atom stereocenters. The Balaban J connectivity index is 1.71. The fourth-order valence-corrected chi connectivity index (χ4v) is 6.18. The van der Waals surface area contributed by atoms with E-state index in [4.69, 9.17) is 9.73 Å². The molecule has 9 nitrogen and oxygen atoms in total. The van der Waals surface area contributed by atoms with Crippen LogP contribution in [0.3, 0.4) is 0 Å². The number of benzene rings is 2. The fraction of sp³-hybridized carbons (Fsp3) is 0.343. The molecule has 2 aromatic carbocycles. The monoisotopic (exact) mass is 661 g/mol. The molecule has 2 amide bonds. The number of hydrogen-bond donors (Lipinski definition) is 1. The number of amidine groups is 1. The first kappa shape index (κ1) is 33.8. The summed E-state index contributed by atoms with van der Waals surface area (Å²) in [6.07, 6.45) is 4.96. The number of piperazine rings is 1. The number of carbonyl (C=O) groups is 3. The first-order valence-electron chi connectivity index (χ1n) is 15.4. The summed E-state index contributed by atoms with van der Waals surface area (Å²) in [7, 11) is 0. The molecule has 0 radical (unpaired) electrons. The average molecular weight is 662 g/mol. The van der Waals surface area contributed by atoms with Crippen molar-refractivity contribution in [1.82, 2.24) is 14.8 Å². The van der Waals surface area contributed by atoms with Crippen LogP contribution >= 0.6 is 11.8 Å². The third-order valence-corrected chi connectivity index (χ3v) is 8.99. The number of pyridine rings is 1. The second-order valence-electron chi connectivity index (χ2n) is 11.8. The zero-order valence-corrected chi connectivity index (χ0v) is 27.6. The Bertz CT molecular complexity index is 1740. The molecule has 1 N–H and O–H groups in total. The Morgan fingerprint density at radius 2 is 1.89 bits per heavy atom. The zero-order chi connectivity index (χ0) is 33.8. The van der Waals surface area contributed by atoms with Gasteiger partial charge in [0.25, 0.3) is 0 Å². The molecule has 3 aromatic rings. The van der Waals surface area contributed by atoms with Gasteiger partial charge in [0.2, 0.25) is 12.3 Å². The van der Waals surface area contributed by atoms with Crippen molar-refractivity contribution in [3.8, 4) is 17.0 Å². The van der Waals surface area contributed by atoms with E-state index in [9.17, 15) is 14.4 Å². The summed E-state index contributed by atoms with van der Waals surface area (Å²) in [6.45, 7) is 10.7. The average Bonchev–Trinajstić information content (AvgIpc) is 3.90. The van der Waals surface area contributed by atoms with Crippen molar-refractivity contribution in [2.45, 2.75) is 50.5 Å². The van der Waals surface area contributed by atoms with Gasteiger partial charge in [-0.25, -0.2) is 18.8 Å². The summed E-state index contributed by atoms with van der Waals surface area (Å²) in [5.41, 5.74) is 1.04. The number of esters is 1. The Hall–Kier alpha value is -4.58. The third-order valence-electron chi connectivity index (χ3n) is 8.22. The zero-order valence-electron chi connectivity index (χ0n) is 26.8. The van der Waals surface area contributed by atoms with E-state index in [2.05, 4.69) is 30.7 Å². The van der Waals surface area contributed by atoms with Gasteiger partial charge in [-0.3, -0.25) is 14.4 Å². The maximum atomic E-state index is 16.3. The van der Waals surface area contributed by atoms with Gasteiger partial charge in [-0.2, -0.15) is 0 Å². The number of aromatic nitrogens is 1. The van der Waals surface area contributed by atoms with Crippen molar-refractivity contribution >= 4 is 47.4 Å². The van der Waals surface area contributed by atoms with Gasteiger partial charge in [0.05, 0.1) is 22.7 Å². The number of rotatable bonds is 10. The van der Waals surface area contributed by atoms with Crippen LogP contribution in [0.4, 0.5) is 20.3 Å². The second kappa shape index (κ2) is 14.5. The van der Waals surface area contributed by atoms with Crippen LogP contribution in [0.5, 0.6) is 5.75 Å². The lowest BCUT2D eigenvalue weighted by Crippen LogP contribution is -2.55. The number of aliphatic imine (C=N–C) groups is 1. The van der Waals surface area contributed by atoms with Crippen molar-refractivity contribution in [3.05, 3.63) is 77.9 Å². The first-order chi connectivity index (χ1) is 22.6. The molecule has 1 aliphatic heterocycles. The van der Waals surface area contributed by atoms with Gasteiger partial charge in [-0.05, 0) is 67.8 Å². The van der Waals surface area contributed by atoms with Crippen molar-refractivity contribution in [3.63, 3.8) is 0 Å². The predicted octanol–water partition coefficient (Wildman–Crippen LogP) is 6.55. The van der Waals surface area contributed by atoms with Crippen LogP contribution in [-0.2, 0) is 14.4 Å². The van der Waals surface area contributed by atoms with E-state index in [-0.39, 0.29) is 46.5 Å². The highest BCUT2D eigenvalue weighted by Gasteiger charge is 2.34. The van der Waals surface area contributed by atoms with Crippen molar-refractivity contribution < 1.29 is 27.9 Å². The minimum atomic E-state index is -0.909. The molecule has 1 saturated heterocycles. The molecule has 47 heavy (non-hydrogen) atoms. The van der Waals surface area contributed by atoms with Crippen molar-refractivity contribution in [1.29, 1.82) is 0 Å². The number of anilines is 1. The lowest BCUT2D eigenvalue weighted by atomic mass is 10.0. The standard InChI is InChI=1S/C35H37F2N5O4S/c1-6-29(44)41-15-16-42(21(4)18-41)34(40-31-23(20(2)3)9-7-12-28(31)47-5)24-17-26(37)32(39-33(24)38-19-43)30-25(36)10-8-11-27(30)46-35(45)22-13-14-22/h6-12,17,19-22H,1,13-16,18H2,2-5H3,(H,38,39,43)/b40-34+.